The lowest BCUT2D eigenvalue weighted by molar-refractivity contribution is 0.444. The van der Waals surface area contributed by atoms with E-state index in [-0.39, 0.29) is 0 Å². The summed E-state index contributed by atoms with van der Waals surface area (Å²) in [5.41, 5.74) is 18.3. The molecule has 1 heteroatoms. The minimum Gasteiger partial charge on any atom is -0.310 e. The lowest BCUT2D eigenvalue weighted by Crippen LogP contribution is -2.28. The van der Waals surface area contributed by atoms with Gasteiger partial charge in [0.15, 0.2) is 0 Å². The molecular weight excluding hydrogens is 651 g/mol. The Morgan fingerprint density at radius 1 is 0.426 bits per heavy atom. The molecule has 7 aromatic carbocycles. The first-order chi connectivity index (χ1) is 26.8. The van der Waals surface area contributed by atoms with Gasteiger partial charge < -0.3 is 4.90 Å². The Bertz CT molecular complexity index is 2380. The summed E-state index contributed by atoms with van der Waals surface area (Å²) in [4.78, 5) is 2.56. The number of hydrogen-bond acceptors (Lipinski definition) is 1. The fraction of sp³-hybridized carbons (Fsp3) is 0.208. The van der Waals surface area contributed by atoms with Gasteiger partial charge in [-0.25, -0.2) is 0 Å². The van der Waals surface area contributed by atoms with Crippen molar-refractivity contribution < 1.29 is 0 Å². The van der Waals surface area contributed by atoms with Crippen molar-refractivity contribution in [1.82, 2.24) is 0 Å². The third-order valence-electron chi connectivity index (χ3n) is 12.7. The molecule has 3 aliphatic rings. The average molecular weight is 698 g/mol. The number of anilines is 3. The van der Waals surface area contributed by atoms with Gasteiger partial charge >= 0.3 is 0 Å². The van der Waals surface area contributed by atoms with Gasteiger partial charge in [0, 0.05) is 17.1 Å². The van der Waals surface area contributed by atoms with Crippen molar-refractivity contribution in [2.75, 3.05) is 4.90 Å². The molecule has 3 aliphatic carbocycles. The monoisotopic (exact) mass is 697 g/mol. The molecular formula is C53H47N. The van der Waals surface area contributed by atoms with Gasteiger partial charge in [-0.15, -0.1) is 0 Å². The van der Waals surface area contributed by atoms with Crippen LogP contribution < -0.4 is 4.90 Å². The zero-order valence-corrected chi connectivity index (χ0v) is 31.1. The SMILES string of the molecule is c1ccc(C2(c3ccccc3)c3ccccc3-c3ccc(N(c4ccc(-c5ccc6c(c5)CCCC6)cc4)c4ccccc4C4CCCCC4)cc32)cc1. The molecule has 0 saturated heterocycles. The van der Waals surface area contributed by atoms with Gasteiger partial charge in [-0.05, 0) is 136 Å². The largest absolute Gasteiger partial charge is 0.310 e. The maximum Gasteiger partial charge on any atom is 0.0714 e. The maximum absolute atomic E-state index is 2.56. The number of nitrogens with zero attached hydrogens (tertiary/aromatic N) is 1. The fourth-order valence-corrected chi connectivity index (χ4v) is 10.2. The van der Waals surface area contributed by atoms with Gasteiger partial charge in [0.05, 0.1) is 5.41 Å². The standard InChI is InChI=1S/C53H47N/c1-4-17-40(18-5-1)47-24-13-15-27-52(47)54(45-32-30-39(31-33-45)42-29-28-38-16-10-11-19-41(38)36-42)46-34-35-49-48-25-12-14-26-50(48)53(51(49)37-46,43-20-6-2-7-21-43)44-22-8-3-9-23-44/h2-3,6-9,12-15,20-37,40H,1,4-5,10-11,16-19H2. The van der Waals surface area contributed by atoms with E-state index in [0.29, 0.717) is 5.92 Å². The van der Waals surface area contributed by atoms with Crippen LogP contribution >= 0.6 is 0 Å². The first-order valence-electron chi connectivity index (χ1n) is 20.3. The molecule has 10 rings (SSSR count). The van der Waals surface area contributed by atoms with Crippen molar-refractivity contribution in [1.29, 1.82) is 0 Å². The van der Waals surface area contributed by atoms with Gasteiger partial charge in [0.1, 0.15) is 0 Å². The second-order valence-corrected chi connectivity index (χ2v) is 15.7. The van der Waals surface area contributed by atoms with Gasteiger partial charge in [-0.1, -0.05) is 159 Å². The number of hydrogen-bond donors (Lipinski definition) is 0. The van der Waals surface area contributed by atoms with E-state index in [2.05, 4.69) is 175 Å². The zero-order chi connectivity index (χ0) is 35.9. The highest BCUT2D eigenvalue weighted by molar-refractivity contribution is 5.90. The molecule has 1 nitrogen and oxygen atoms in total. The van der Waals surface area contributed by atoms with Crippen LogP contribution in [-0.2, 0) is 18.3 Å². The normalized spacial score (nSPS) is 15.9. The summed E-state index contributed by atoms with van der Waals surface area (Å²) in [5.74, 6) is 0.568. The fourth-order valence-electron chi connectivity index (χ4n) is 10.2. The van der Waals surface area contributed by atoms with E-state index in [1.54, 1.807) is 0 Å². The Morgan fingerprint density at radius 3 is 1.80 bits per heavy atom. The van der Waals surface area contributed by atoms with Crippen molar-refractivity contribution in [3.05, 3.63) is 209 Å². The Kier molecular flexibility index (Phi) is 8.52. The van der Waals surface area contributed by atoms with E-state index in [1.807, 2.05) is 0 Å². The smallest absolute Gasteiger partial charge is 0.0714 e. The topological polar surface area (TPSA) is 3.24 Å². The Hall–Kier alpha value is -5.66. The highest BCUT2D eigenvalue weighted by Crippen LogP contribution is 2.57. The number of rotatable bonds is 7. The molecule has 54 heavy (non-hydrogen) atoms. The van der Waals surface area contributed by atoms with Crippen LogP contribution in [-0.4, -0.2) is 0 Å². The Balaban J connectivity index is 1.17. The van der Waals surface area contributed by atoms with Crippen LogP contribution in [0.4, 0.5) is 17.1 Å². The molecule has 0 aliphatic heterocycles. The molecule has 0 unspecified atom stereocenters. The zero-order valence-electron chi connectivity index (χ0n) is 31.1. The van der Waals surface area contributed by atoms with Crippen molar-refractivity contribution in [3.8, 4) is 22.3 Å². The number of benzene rings is 7. The molecule has 0 spiro atoms. The van der Waals surface area contributed by atoms with Gasteiger partial charge in [-0.2, -0.15) is 0 Å². The van der Waals surface area contributed by atoms with E-state index in [0.717, 1.165) is 0 Å². The van der Waals surface area contributed by atoms with Crippen LogP contribution in [0.1, 0.15) is 89.8 Å². The molecule has 0 heterocycles. The van der Waals surface area contributed by atoms with Crippen molar-refractivity contribution in [3.63, 3.8) is 0 Å². The van der Waals surface area contributed by atoms with E-state index >= 15 is 0 Å². The maximum atomic E-state index is 2.56. The Labute approximate surface area is 321 Å². The van der Waals surface area contributed by atoms with Gasteiger partial charge in [-0.3, -0.25) is 0 Å². The molecule has 264 valence electrons. The van der Waals surface area contributed by atoms with Gasteiger partial charge in [0.2, 0.25) is 0 Å². The van der Waals surface area contributed by atoms with Crippen molar-refractivity contribution in [2.45, 2.75) is 69.1 Å². The highest BCUT2D eigenvalue weighted by atomic mass is 15.1. The molecule has 0 amide bonds. The summed E-state index contributed by atoms with van der Waals surface area (Å²) >= 11 is 0. The quantitative estimate of drug-likeness (QED) is 0.160. The summed E-state index contributed by atoms with van der Waals surface area (Å²) in [5, 5.41) is 0. The molecule has 0 N–H and O–H groups in total. The Morgan fingerprint density at radius 2 is 1.04 bits per heavy atom. The van der Waals surface area contributed by atoms with E-state index in [4.69, 9.17) is 0 Å². The second-order valence-electron chi connectivity index (χ2n) is 15.7. The molecule has 0 radical (unpaired) electrons. The van der Waals surface area contributed by atoms with Crippen LogP contribution in [0.2, 0.25) is 0 Å². The summed E-state index contributed by atoms with van der Waals surface area (Å²) in [6, 6.07) is 64.5. The minimum absolute atomic E-state index is 0.449. The van der Waals surface area contributed by atoms with Crippen LogP contribution in [0.25, 0.3) is 22.3 Å². The third kappa shape index (κ3) is 5.52. The van der Waals surface area contributed by atoms with Crippen molar-refractivity contribution in [2.24, 2.45) is 0 Å². The number of fused-ring (bicyclic) bond motifs is 4. The molecule has 0 atom stereocenters. The lowest BCUT2D eigenvalue weighted by atomic mass is 9.67. The van der Waals surface area contributed by atoms with Crippen LogP contribution in [0.3, 0.4) is 0 Å². The third-order valence-corrected chi connectivity index (χ3v) is 12.7. The second kappa shape index (κ2) is 14.0. The van der Waals surface area contributed by atoms with Crippen LogP contribution in [0.5, 0.6) is 0 Å². The molecule has 7 aromatic rings. The van der Waals surface area contributed by atoms with Crippen LogP contribution in [0, 0.1) is 0 Å². The van der Waals surface area contributed by atoms with E-state index in [9.17, 15) is 0 Å². The lowest BCUT2D eigenvalue weighted by Gasteiger charge is -2.35. The van der Waals surface area contributed by atoms with Gasteiger partial charge in [0.25, 0.3) is 0 Å². The summed E-state index contributed by atoms with van der Waals surface area (Å²) in [6.07, 6.45) is 11.5. The number of aryl methyl sites for hydroxylation is 2. The van der Waals surface area contributed by atoms with Crippen molar-refractivity contribution >= 4 is 17.1 Å². The first kappa shape index (κ1) is 32.9. The highest BCUT2D eigenvalue weighted by Gasteiger charge is 2.46. The van der Waals surface area contributed by atoms with E-state index < -0.39 is 5.41 Å². The minimum atomic E-state index is -0.449. The average Bonchev–Trinajstić information content (AvgIpc) is 3.55. The predicted octanol–water partition coefficient (Wildman–Crippen LogP) is 14.1. The summed E-state index contributed by atoms with van der Waals surface area (Å²) in [7, 11) is 0. The van der Waals surface area contributed by atoms with Crippen LogP contribution in [0.15, 0.2) is 170 Å². The number of para-hydroxylation sites is 1. The van der Waals surface area contributed by atoms with E-state index in [1.165, 1.54) is 136 Å². The molecule has 0 bridgehead atoms. The molecule has 1 fully saturated rings. The molecule has 1 saturated carbocycles. The predicted molar refractivity (Wildman–Crippen MR) is 226 cm³/mol. The summed E-state index contributed by atoms with van der Waals surface area (Å²) in [6.45, 7) is 0. The first-order valence-corrected chi connectivity index (χ1v) is 20.3. The molecule has 0 aromatic heterocycles. The summed E-state index contributed by atoms with van der Waals surface area (Å²) < 4.78 is 0.